The van der Waals surface area contributed by atoms with Crippen LogP contribution in [0, 0.1) is 10.1 Å². The van der Waals surface area contributed by atoms with E-state index in [9.17, 15) is 10.1 Å². The second-order valence-corrected chi connectivity index (χ2v) is 4.56. The van der Waals surface area contributed by atoms with E-state index in [1.54, 1.807) is 12.1 Å². The number of hydrogen-bond acceptors (Lipinski definition) is 4. The maximum atomic E-state index is 10.6. The van der Waals surface area contributed by atoms with Crippen molar-refractivity contribution in [1.29, 1.82) is 0 Å². The van der Waals surface area contributed by atoms with Crippen LogP contribution in [0.2, 0.25) is 0 Å². The Morgan fingerprint density at radius 2 is 2.17 bits per heavy atom. The van der Waals surface area contributed by atoms with Gasteiger partial charge in [-0.3, -0.25) is 10.1 Å². The van der Waals surface area contributed by atoms with Crippen molar-refractivity contribution in [2.45, 2.75) is 25.8 Å². The zero-order chi connectivity index (χ0) is 13.0. The fourth-order valence-electron chi connectivity index (χ4n) is 2.52. The smallest absolute Gasteiger partial charge is 0.269 e. The molecule has 18 heavy (non-hydrogen) atoms. The van der Waals surface area contributed by atoms with Crippen LogP contribution < -0.4 is 10.2 Å². The van der Waals surface area contributed by atoms with Crippen molar-refractivity contribution in [3.63, 3.8) is 0 Å². The Labute approximate surface area is 107 Å². The van der Waals surface area contributed by atoms with Gasteiger partial charge in [0.05, 0.1) is 4.92 Å². The molecule has 1 aliphatic heterocycles. The molecule has 0 saturated carbocycles. The number of benzene rings is 1. The van der Waals surface area contributed by atoms with Crippen molar-refractivity contribution in [2.24, 2.45) is 0 Å². The second-order valence-electron chi connectivity index (χ2n) is 4.56. The van der Waals surface area contributed by atoms with E-state index in [0.29, 0.717) is 6.04 Å². The van der Waals surface area contributed by atoms with Gasteiger partial charge in [0.15, 0.2) is 0 Å². The van der Waals surface area contributed by atoms with Gasteiger partial charge in [0, 0.05) is 37.0 Å². The SMILES string of the molecule is CCN(c1ccc([N+](=O)[O-])cc1)C1CCCNC1. The highest BCUT2D eigenvalue weighted by Gasteiger charge is 2.20. The highest BCUT2D eigenvalue weighted by atomic mass is 16.6. The van der Waals surface area contributed by atoms with Crippen molar-refractivity contribution < 1.29 is 4.92 Å². The van der Waals surface area contributed by atoms with Gasteiger partial charge in [0.1, 0.15) is 0 Å². The molecule has 1 heterocycles. The molecule has 5 heteroatoms. The quantitative estimate of drug-likeness (QED) is 0.656. The number of non-ortho nitro benzene ring substituents is 1. The first-order chi connectivity index (χ1) is 8.72. The largest absolute Gasteiger partial charge is 0.368 e. The van der Waals surface area contributed by atoms with Gasteiger partial charge < -0.3 is 10.2 Å². The van der Waals surface area contributed by atoms with Crippen molar-refractivity contribution in [3.8, 4) is 0 Å². The molecule has 0 amide bonds. The van der Waals surface area contributed by atoms with Crippen LogP contribution in [0.3, 0.4) is 0 Å². The zero-order valence-electron chi connectivity index (χ0n) is 10.6. The molecule has 98 valence electrons. The Bertz CT molecular complexity index is 399. The van der Waals surface area contributed by atoms with E-state index in [1.165, 1.54) is 12.8 Å². The van der Waals surface area contributed by atoms with E-state index in [4.69, 9.17) is 0 Å². The van der Waals surface area contributed by atoms with Crippen molar-refractivity contribution in [1.82, 2.24) is 5.32 Å². The molecule has 1 aliphatic rings. The van der Waals surface area contributed by atoms with Crippen molar-refractivity contribution >= 4 is 11.4 Å². The van der Waals surface area contributed by atoms with E-state index in [2.05, 4.69) is 17.1 Å². The highest BCUT2D eigenvalue weighted by molar-refractivity contribution is 5.51. The number of nitrogens with zero attached hydrogens (tertiary/aromatic N) is 2. The third-order valence-electron chi connectivity index (χ3n) is 3.44. The maximum Gasteiger partial charge on any atom is 0.269 e. The molecule has 1 aromatic rings. The number of nitro benzene ring substituents is 1. The van der Waals surface area contributed by atoms with Crippen LogP contribution in [-0.2, 0) is 0 Å². The average molecular weight is 249 g/mol. The first kappa shape index (κ1) is 12.8. The lowest BCUT2D eigenvalue weighted by atomic mass is 10.0. The van der Waals surface area contributed by atoms with Gasteiger partial charge in [-0.1, -0.05) is 0 Å². The summed E-state index contributed by atoms with van der Waals surface area (Å²) < 4.78 is 0. The summed E-state index contributed by atoms with van der Waals surface area (Å²) in [6, 6.07) is 7.33. The molecule has 0 aliphatic carbocycles. The van der Waals surface area contributed by atoms with Crippen LogP contribution in [-0.4, -0.2) is 30.6 Å². The molecule has 1 unspecified atom stereocenters. The fourth-order valence-corrected chi connectivity index (χ4v) is 2.52. The number of anilines is 1. The summed E-state index contributed by atoms with van der Waals surface area (Å²) >= 11 is 0. The van der Waals surface area contributed by atoms with E-state index in [1.807, 2.05) is 12.1 Å². The molecule has 1 fully saturated rings. The first-order valence-corrected chi connectivity index (χ1v) is 6.44. The van der Waals surface area contributed by atoms with E-state index < -0.39 is 0 Å². The van der Waals surface area contributed by atoms with E-state index in [-0.39, 0.29) is 10.6 Å². The molecule has 1 aromatic carbocycles. The third kappa shape index (κ3) is 2.79. The number of hydrogen-bond donors (Lipinski definition) is 1. The molecule has 0 aromatic heterocycles. The topological polar surface area (TPSA) is 58.4 Å². The molecular formula is C13H19N3O2. The number of piperidine rings is 1. The molecule has 1 N–H and O–H groups in total. The van der Waals surface area contributed by atoms with Crippen molar-refractivity contribution in [3.05, 3.63) is 34.4 Å². The first-order valence-electron chi connectivity index (χ1n) is 6.44. The normalized spacial score (nSPS) is 19.5. The van der Waals surface area contributed by atoms with E-state index in [0.717, 1.165) is 25.3 Å². The van der Waals surface area contributed by atoms with E-state index >= 15 is 0 Å². The molecule has 0 radical (unpaired) electrons. The van der Waals surface area contributed by atoms with Gasteiger partial charge in [0.25, 0.3) is 5.69 Å². The summed E-state index contributed by atoms with van der Waals surface area (Å²) in [6.07, 6.45) is 2.37. The lowest BCUT2D eigenvalue weighted by Crippen LogP contribution is -2.46. The Morgan fingerprint density at radius 1 is 1.44 bits per heavy atom. The molecule has 0 spiro atoms. The minimum absolute atomic E-state index is 0.150. The minimum atomic E-state index is -0.359. The summed E-state index contributed by atoms with van der Waals surface area (Å²) in [5.41, 5.74) is 1.22. The summed E-state index contributed by atoms with van der Waals surface area (Å²) in [6.45, 7) is 5.12. The van der Waals surface area contributed by atoms with Crippen LogP contribution in [0.1, 0.15) is 19.8 Å². The van der Waals surface area contributed by atoms with Gasteiger partial charge in [-0.15, -0.1) is 0 Å². The van der Waals surface area contributed by atoms with Crippen LogP contribution in [0.4, 0.5) is 11.4 Å². The zero-order valence-corrected chi connectivity index (χ0v) is 10.6. The molecule has 1 atom stereocenters. The predicted molar refractivity (Wildman–Crippen MR) is 72.0 cm³/mol. The highest BCUT2D eigenvalue weighted by Crippen LogP contribution is 2.23. The van der Waals surface area contributed by atoms with Gasteiger partial charge >= 0.3 is 0 Å². The number of nitrogens with one attached hydrogen (secondary N) is 1. The van der Waals surface area contributed by atoms with Crippen LogP contribution >= 0.6 is 0 Å². The number of likely N-dealkylation sites (N-methyl/N-ethyl adjacent to an activating group) is 1. The maximum absolute atomic E-state index is 10.6. The summed E-state index contributed by atoms with van der Waals surface area (Å²) in [7, 11) is 0. The molecule has 5 nitrogen and oxygen atoms in total. The molecule has 0 bridgehead atoms. The minimum Gasteiger partial charge on any atom is -0.368 e. The Balaban J connectivity index is 2.13. The Hall–Kier alpha value is -1.62. The molecular weight excluding hydrogens is 230 g/mol. The van der Waals surface area contributed by atoms with Gasteiger partial charge in [-0.2, -0.15) is 0 Å². The van der Waals surface area contributed by atoms with Gasteiger partial charge in [0.2, 0.25) is 0 Å². The summed E-state index contributed by atoms with van der Waals surface area (Å²) in [5, 5.41) is 14.0. The lowest BCUT2D eigenvalue weighted by molar-refractivity contribution is -0.384. The summed E-state index contributed by atoms with van der Waals surface area (Å²) in [4.78, 5) is 12.6. The average Bonchev–Trinajstić information content (AvgIpc) is 2.41. The third-order valence-corrected chi connectivity index (χ3v) is 3.44. The Morgan fingerprint density at radius 3 is 2.67 bits per heavy atom. The number of rotatable bonds is 4. The van der Waals surface area contributed by atoms with Crippen LogP contribution in [0.25, 0.3) is 0 Å². The summed E-state index contributed by atoms with van der Waals surface area (Å²) in [5.74, 6) is 0. The lowest BCUT2D eigenvalue weighted by Gasteiger charge is -2.35. The van der Waals surface area contributed by atoms with Gasteiger partial charge in [-0.25, -0.2) is 0 Å². The molecule has 2 rings (SSSR count). The predicted octanol–water partition coefficient (Wildman–Crippen LogP) is 2.17. The Kier molecular flexibility index (Phi) is 4.15. The fraction of sp³-hybridized carbons (Fsp3) is 0.538. The molecule has 1 saturated heterocycles. The van der Waals surface area contributed by atoms with Crippen LogP contribution in [0.15, 0.2) is 24.3 Å². The monoisotopic (exact) mass is 249 g/mol. The standard InChI is InChI=1S/C13H19N3O2/c1-2-15(13-4-3-9-14-10-13)11-5-7-12(8-6-11)16(17)18/h5-8,13-14H,2-4,9-10H2,1H3. The van der Waals surface area contributed by atoms with Gasteiger partial charge in [-0.05, 0) is 38.4 Å². The number of nitro groups is 1. The van der Waals surface area contributed by atoms with Crippen LogP contribution in [0.5, 0.6) is 0 Å². The van der Waals surface area contributed by atoms with Crippen molar-refractivity contribution in [2.75, 3.05) is 24.5 Å². The second kappa shape index (κ2) is 5.82.